The van der Waals surface area contributed by atoms with Crippen molar-refractivity contribution in [1.29, 1.82) is 0 Å². The van der Waals surface area contributed by atoms with Crippen LogP contribution in [0.25, 0.3) is 11.0 Å². The number of nitrogens with zero attached hydrogens (tertiary/aromatic N) is 4. The Kier molecular flexibility index (Phi) is 14.8. The quantitative estimate of drug-likeness (QED) is 0.0828. The van der Waals surface area contributed by atoms with Crippen LogP contribution in [-0.2, 0) is 26.2 Å². The van der Waals surface area contributed by atoms with E-state index in [4.69, 9.17) is 14.5 Å². The number of aromatic nitrogens is 2. The summed E-state index contributed by atoms with van der Waals surface area (Å²) in [6, 6.07) is 25.4. The van der Waals surface area contributed by atoms with E-state index < -0.39 is 0 Å². The van der Waals surface area contributed by atoms with Gasteiger partial charge < -0.3 is 18.9 Å². The molecule has 0 atom stereocenters. The molecule has 0 bridgehead atoms. The molecule has 0 aliphatic heterocycles. The summed E-state index contributed by atoms with van der Waals surface area (Å²) in [6.07, 6.45) is 8.32. The van der Waals surface area contributed by atoms with Crippen molar-refractivity contribution < 1.29 is 9.47 Å². The summed E-state index contributed by atoms with van der Waals surface area (Å²) >= 11 is 0. The third-order valence-corrected chi connectivity index (χ3v) is 8.59. The Morgan fingerprint density at radius 1 is 0.644 bits per heavy atom. The van der Waals surface area contributed by atoms with E-state index in [1.165, 1.54) is 42.3 Å². The maximum absolute atomic E-state index is 6.22. The minimum Gasteiger partial charge on any atom is -0.493 e. The minimum absolute atomic E-state index is 0.584. The van der Waals surface area contributed by atoms with Gasteiger partial charge >= 0.3 is 0 Å². The van der Waals surface area contributed by atoms with Crippen LogP contribution in [0.1, 0.15) is 89.6 Å². The largest absolute Gasteiger partial charge is 0.493 e. The van der Waals surface area contributed by atoms with Crippen molar-refractivity contribution >= 4 is 11.0 Å². The predicted octanol–water partition coefficient (Wildman–Crippen LogP) is 9.11. The van der Waals surface area contributed by atoms with Gasteiger partial charge in [-0.2, -0.15) is 0 Å². The molecule has 4 rings (SSSR count). The summed E-state index contributed by atoms with van der Waals surface area (Å²) in [5.41, 5.74) is 4.72. The molecule has 0 aliphatic rings. The standard InChI is InChI=1S/C39H56N4O2/c1-5-9-11-15-25-42(30-33-19-21-35(22-20-33)45-32-34-17-13-12-14-18-34)31-39-40-37-24-23-36(29-38(37)43(39)27-10-6-2)44-28-16-26-41(7-3)8-4/h12-14,17-24,29H,5-11,15-16,25-28,30-32H2,1-4H3. The molecule has 1 aromatic heterocycles. The number of benzene rings is 3. The Hall–Kier alpha value is -3.35. The Labute approximate surface area is 272 Å². The first-order chi connectivity index (χ1) is 22.1. The van der Waals surface area contributed by atoms with Crippen LogP contribution in [0.4, 0.5) is 0 Å². The molecule has 45 heavy (non-hydrogen) atoms. The molecule has 6 heteroatoms. The van der Waals surface area contributed by atoms with Crippen molar-refractivity contribution in [2.24, 2.45) is 0 Å². The topological polar surface area (TPSA) is 42.8 Å². The second-order valence-corrected chi connectivity index (χ2v) is 12.1. The average Bonchev–Trinajstić information content (AvgIpc) is 3.41. The first-order valence-corrected chi connectivity index (χ1v) is 17.5. The number of hydrogen-bond acceptors (Lipinski definition) is 5. The van der Waals surface area contributed by atoms with Gasteiger partial charge in [0.15, 0.2) is 0 Å². The fourth-order valence-corrected chi connectivity index (χ4v) is 5.81. The molecular weight excluding hydrogens is 556 g/mol. The zero-order chi connectivity index (χ0) is 31.7. The molecule has 6 nitrogen and oxygen atoms in total. The molecule has 1 heterocycles. The summed E-state index contributed by atoms with van der Waals surface area (Å²) in [7, 11) is 0. The number of unbranched alkanes of at least 4 members (excludes halogenated alkanes) is 4. The van der Waals surface area contributed by atoms with Crippen molar-refractivity contribution in [2.45, 2.75) is 98.9 Å². The van der Waals surface area contributed by atoms with Crippen molar-refractivity contribution in [3.63, 3.8) is 0 Å². The highest BCUT2D eigenvalue weighted by atomic mass is 16.5. The maximum atomic E-state index is 6.22. The lowest BCUT2D eigenvalue weighted by molar-refractivity contribution is 0.240. The second-order valence-electron chi connectivity index (χ2n) is 12.1. The fraction of sp³-hybridized carbons (Fsp3) is 0.513. The van der Waals surface area contributed by atoms with E-state index >= 15 is 0 Å². The Morgan fingerprint density at radius 2 is 1.38 bits per heavy atom. The lowest BCUT2D eigenvalue weighted by atomic mass is 10.1. The van der Waals surface area contributed by atoms with Crippen molar-refractivity contribution in [2.75, 3.05) is 32.8 Å². The maximum Gasteiger partial charge on any atom is 0.124 e. The summed E-state index contributed by atoms with van der Waals surface area (Å²) in [5, 5.41) is 0. The third-order valence-electron chi connectivity index (χ3n) is 8.59. The van der Waals surface area contributed by atoms with Gasteiger partial charge in [0.25, 0.3) is 0 Å². The molecule has 0 amide bonds. The van der Waals surface area contributed by atoms with Gasteiger partial charge in [-0.05, 0) is 74.3 Å². The van der Waals surface area contributed by atoms with Crippen LogP contribution < -0.4 is 9.47 Å². The summed E-state index contributed by atoms with van der Waals surface area (Å²) in [6.45, 7) is 17.3. The van der Waals surface area contributed by atoms with Crippen LogP contribution in [0.3, 0.4) is 0 Å². The molecule has 0 radical (unpaired) electrons. The summed E-state index contributed by atoms with van der Waals surface area (Å²) in [5.74, 6) is 3.00. The number of imidazole rings is 1. The van der Waals surface area contributed by atoms with E-state index in [1.54, 1.807) is 0 Å². The van der Waals surface area contributed by atoms with Gasteiger partial charge in [-0.25, -0.2) is 4.98 Å². The Morgan fingerprint density at radius 3 is 2.11 bits per heavy atom. The van der Waals surface area contributed by atoms with Crippen molar-refractivity contribution in [1.82, 2.24) is 19.4 Å². The number of hydrogen-bond donors (Lipinski definition) is 0. The van der Waals surface area contributed by atoms with Gasteiger partial charge in [0.2, 0.25) is 0 Å². The average molecular weight is 613 g/mol. The van der Waals surface area contributed by atoms with E-state index in [1.807, 2.05) is 6.07 Å². The van der Waals surface area contributed by atoms with Crippen molar-refractivity contribution in [3.8, 4) is 11.5 Å². The van der Waals surface area contributed by atoms with Gasteiger partial charge in [-0.1, -0.05) is 95.8 Å². The molecule has 0 spiro atoms. The first-order valence-electron chi connectivity index (χ1n) is 17.5. The number of fused-ring (bicyclic) bond motifs is 1. The Bertz CT molecular complexity index is 1370. The number of ether oxygens (including phenoxy) is 2. The van der Waals surface area contributed by atoms with Crippen LogP contribution in [-0.4, -0.2) is 52.1 Å². The van der Waals surface area contributed by atoms with Gasteiger partial charge in [-0.15, -0.1) is 0 Å². The van der Waals surface area contributed by atoms with Crippen LogP contribution in [0.15, 0.2) is 72.8 Å². The van der Waals surface area contributed by atoms with Gasteiger partial charge in [0.05, 0.1) is 24.2 Å². The Balaban J connectivity index is 1.46. The zero-order valence-electron chi connectivity index (χ0n) is 28.3. The molecule has 0 saturated heterocycles. The third kappa shape index (κ3) is 11.2. The summed E-state index contributed by atoms with van der Waals surface area (Å²) < 4.78 is 14.7. The van der Waals surface area contributed by atoms with Crippen LogP contribution >= 0.6 is 0 Å². The molecule has 4 aromatic rings. The smallest absolute Gasteiger partial charge is 0.124 e. The van der Waals surface area contributed by atoms with Gasteiger partial charge in [0, 0.05) is 25.7 Å². The number of aryl methyl sites for hydroxylation is 1. The monoisotopic (exact) mass is 612 g/mol. The molecule has 0 fully saturated rings. The predicted molar refractivity (Wildman–Crippen MR) is 188 cm³/mol. The van der Waals surface area contributed by atoms with E-state index in [9.17, 15) is 0 Å². The second kappa shape index (κ2) is 19.2. The highest BCUT2D eigenvalue weighted by Gasteiger charge is 2.16. The van der Waals surface area contributed by atoms with E-state index in [2.05, 4.69) is 109 Å². The zero-order valence-corrected chi connectivity index (χ0v) is 28.3. The van der Waals surface area contributed by atoms with Crippen molar-refractivity contribution in [3.05, 3.63) is 89.7 Å². The highest BCUT2D eigenvalue weighted by molar-refractivity contribution is 5.77. The van der Waals surface area contributed by atoms with E-state index in [-0.39, 0.29) is 0 Å². The van der Waals surface area contributed by atoms with Gasteiger partial charge in [-0.3, -0.25) is 4.90 Å². The van der Waals surface area contributed by atoms with Crippen LogP contribution in [0, 0.1) is 0 Å². The minimum atomic E-state index is 0.584. The van der Waals surface area contributed by atoms with E-state index in [0.717, 1.165) is 94.5 Å². The molecule has 0 unspecified atom stereocenters. The number of rotatable bonds is 22. The lowest BCUT2D eigenvalue weighted by Gasteiger charge is -2.23. The van der Waals surface area contributed by atoms with E-state index in [0.29, 0.717) is 6.61 Å². The molecule has 244 valence electrons. The fourth-order valence-electron chi connectivity index (χ4n) is 5.81. The van der Waals surface area contributed by atoms with Crippen LogP contribution in [0.5, 0.6) is 11.5 Å². The lowest BCUT2D eigenvalue weighted by Crippen LogP contribution is -2.26. The van der Waals surface area contributed by atoms with Crippen LogP contribution in [0.2, 0.25) is 0 Å². The normalized spacial score (nSPS) is 11.6. The molecule has 0 N–H and O–H groups in total. The molecule has 0 aliphatic carbocycles. The summed E-state index contributed by atoms with van der Waals surface area (Å²) in [4.78, 5) is 10.2. The molecular formula is C39H56N4O2. The molecule has 3 aromatic carbocycles. The highest BCUT2D eigenvalue weighted by Crippen LogP contribution is 2.25. The van der Waals surface area contributed by atoms with Gasteiger partial charge in [0.1, 0.15) is 23.9 Å². The SMILES string of the molecule is CCCCCCN(Cc1ccc(OCc2ccccc2)cc1)Cc1nc2ccc(OCCCN(CC)CC)cc2n1CCCC. The first kappa shape index (κ1) is 34.5. The molecule has 0 saturated carbocycles.